The normalized spacial score (nSPS) is 23.2. The van der Waals surface area contributed by atoms with Gasteiger partial charge < -0.3 is 15.0 Å². The number of rotatable bonds is 3. The van der Waals surface area contributed by atoms with Crippen molar-refractivity contribution in [1.82, 2.24) is 5.32 Å². The molecule has 0 amide bonds. The maximum atomic E-state index is 10.9. The lowest BCUT2D eigenvalue weighted by molar-refractivity contribution is -0.384. The van der Waals surface area contributed by atoms with Gasteiger partial charge in [-0.1, -0.05) is 0 Å². The molecule has 2 rings (SSSR count). The second kappa shape index (κ2) is 5.44. The van der Waals surface area contributed by atoms with E-state index in [-0.39, 0.29) is 10.6 Å². The molecule has 1 aliphatic rings. The summed E-state index contributed by atoms with van der Waals surface area (Å²) >= 11 is 0. The summed E-state index contributed by atoms with van der Waals surface area (Å²) in [6.07, 6.45) is 0. The topological polar surface area (TPSA) is 67.6 Å². The van der Waals surface area contributed by atoms with E-state index in [0.29, 0.717) is 17.8 Å². The van der Waals surface area contributed by atoms with Gasteiger partial charge in [0.25, 0.3) is 5.69 Å². The molecule has 104 valence electrons. The lowest BCUT2D eigenvalue weighted by Gasteiger charge is -2.38. The Hall–Kier alpha value is -1.82. The zero-order valence-corrected chi connectivity index (χ0v) is 11.4. The van der Waals surface area contributed by atoms with Crippen molar-refractivity contribution in [2.45, 2.75) is 25.9 Å². The fourth-order valence-corrected chi connectivity index (χ4v) is 2.56. The number of anilines is 1. The highest BCUT2D eigenvalue weighted by Crippen LogP contribution is 2.33. The maximum absolute atomic E-state index is 10.9. The number of piperazine rings is 1. The first-order chi connectivity index (χ1) is 9.01. The molecule has 0 radical (unpaired) electrons. The molecule has 0 aliphatic carbocycles. The van der Waals surface area contributed by atoms with Crippen molar-refractivity contribution < 1.29 is 9.66 Å². The number of nitrogens with zero attached hydrogens (tertiary/aromatic N) is 2. The van der Waals surface area contributed by atoms with Crippen LogP contribution in [0.25, 0.3) is 0 Å². The summed E-state index contributed by atoms with van der Waals surface area (Å²) in [5, 5.41) is 14.3. The molecule has 1 saturated heterocycles. The Labute approximate surface area is 112 Å². The van der Waals surface area contributed by atoms with E-state index in [1.165, 1.54) is 6.07 Å². The number of ether oxygens (including phenoxy) is 1. The van der Waals surface area contributed by atoms with Crippen molar-refractivity contribution in [1.29, 1.82) is 0 Å². The van der Waals surface area contributed by atoms with Gasteiger partial charge in [0.15, 0.2) is 0 Å². The molecule has 1 aromatic carbocycles. The number of nitrogens with one attached hydrogen (secondary N) is 1. The molecule has 19 heavy (non-hydrogen) atoms. The predicted octanol–water partition coefficient (Wildman–Crippen LogP) is 1.79. The zero-order chi connectivity index (χ0) is 14.0. The largest absolute Gasteiger partial charge is 0.495 e. The standard InChI is InChI=1S/C13H19N3O3/c1-9-7-15(8-10(2)14-9)12-6-11(16(17)18)4-5-13(12)19-3/h4-6,9-10,14H,7-8H2,1-3H3/t9-,10+. The van der Waals surface area contributed by atoms with Gasteiger partial charge in [-0.05, 0) is 19.9 Å². The molecule has 1 heterocycles. The number of methoxy groups -OCH3 is 1. The van der Waals surface area contributed by atoms with Crippen LogP contribution in [-0.2, 0) is 0 Å². The summed E-state index contributed by atoms with van der Waals surface area (Å²) in [6, 6.07) is 5.40. The molecule has 1 N–H and O–H groups in total. The summed E-state index contributed by atoms with van der Waals surface area (Å²) in [5.41, 5.74) is 0.881. The molecule has 0 bridgehead atoms. The highest BCUT2D eigenvalue weighted by atomic mass is 16.6. The van der Waals surface area contributed by atoms with Crippen molar-refractivity contribution in [3.63, 3.8) is 0 Å². The average Bonchev–Trinajstić information content (AvgIpc) is 2.36. The highest BCUT2D eigenvalue weighted by molar-refractivity contribution is 5.63. The third-order valence-corrected chi connectivity index (χ3v) is 3.27. The number of nitro benzene ring substituents is 1. The smallest absolute Gasteiger partial charge is 0.271 e. The first-order valence-electron chi connectivity index (χ1n) is 6.34. The molecule has 6 heteroatoms. The van der Waals surface area contributed by atoms with E-state index in [2.05, 4.69) is 24.1 Å². The van der Waals surface area contributed by atoms with Crippen LogP contribution in [0.2, 0.25) is 0 Å². The Morgan fingerprint density at radius 3 is 2.53 bits per heavy atom. The predicted molar refractivity (Wildman–Crippen MR) is 73.9 cm³/mol. The molecular weight excluding hydrogens is 246 g/mol. The van der Waals surface area contributed by atoms with E-state index in [1.54, 1.807) is 19.2 Å². The average molecular weight is 265 g/mol. The Morgan fingerprint density at radius 2 is 2.00 bits per heavy atom. The number of hydrogen-bond donors (Lipinski definition) is 1. The summed E-state index contributed by atoms with van der Waals surface area (Å²) in [5.74, 6) is 0.673. The second-order valence-corrected chi connectivity index (χ2v) is 4.99. The van der Waals surface area contributed by atoms with Crippen molar-refractivity contribution >= 4 is 11.4 Å². The van der Waals surface area contributed by atoms with Gasteiger partial charge in [0.1, 0.15) is 5.75 Å². The lowest BCUT2D eigenvalue weighted by Crippen LogP contribution is -2.54. The first kappa shape index (κ1) is 13.6. The third-order valence-electron chi connectivity index (χ3n) is 3.27. The molecule has 2 atom stereocenters. The van der Waals surface area contributed by atoms with Crippen LogP contribution in [0, 0.1) is 10.1 Å². The summed E-state index contributed by atoms with van der Waals surface area (Å²) in [7, 11) is 1.58. The molecule has 1 fully saturated rings. The van der Waals surface area contributed by atoms with Crippen molar-refractivity contribution in [2.24, 2.45) is 0 Å². The van der Waals surface area contributed by atoms with Gasteiger partial charge in [0.2, 0.25) is 0 Å². The maximum Gasteiger partial charge on any atom is 0.271 e. The minimum atomic E-state index is -0.377. The monoisotopic (exact) mass is 265 g/mol. The minimum Gasteiger partial charge on any atom is -0.495 e. The van der Waals surface area contributed by atoms with Gasteiger partial charge in [0, 0.05) is 37.3 Å². The second-order valence-electron chi connectivity index (χ2n) is 4.99. The number of hydrogen-bond acceptors (Lipinski definition) is 5. The molecule has 0 unspecified atom stereocenters. The number of nitro groups is 1. The van der Waals surface area contributed by atoms with Crippen LogP contribution in [0.5, 0.6) is 5.75 Å². The van der Waals surface area contributed by atoms with Crippen molar-refractivity contribution in [2.75, 3.05) is 25.1 Å². The van der Waals surface area contributed by atoms with Gasteiger partial charge in [-0.25, -0.2) is 0 Å². The van der Waals surface area contributed by atoms with E-state index >= 15 is 0 Å². The van der Waals surface area contributed by atoms with Crippen LogP contribution < -0.4 is 15.0 Å². The minimum absolute atomic E-state index is 0.0923. The quantitative estimate of drug-likeness (QED) is 0.666. The van der Waals surface area contributed by atoms with Crippen molar-refractivity contribution in [3.05, 3.63) is 28.3 Å². The molecule has 1 aromatic rings. The third kappa shape index (κ3) is 2.96. The van der Waals surface area contributed by atoms with E-state index in [4.69, 9.17) is 4.74 Å². The number of non-ortho nitro benzene ring substituents is 1. The Balaban J connectivity index is 2.35. The van der Waals surface area contributed by atoms with Gasteiger partial charge in [0.05, 0.1) is 17.7 Å². The van der Waals surface area contributed by atoms with Gasteiger partial charge in [-0.3, -0.25) is 10.1 Å². The van der Waals surface area contributed by atoms with Crippen LogP contribution >= 0.6 is 0 Å². The zero-order valence-electron chi connectivity index (χ0n) is 11.4. The molecular formula is C13H19N3O3. The van der Waals surface area contributed by atoms with Gasteiger partial charge in [-0.2, -0.15) is 0 Å². The van der Waals surface area contributed by atoms with E-state index in [1.807, 2.05) is 0 Å². The summed E-state index contributed by atoms with van der Waals surface area (Å²) in [4.78, 5) is 12.7. The summed E-state index contributed by atoms with van der Waals surface area (Å²) < 4.78 is 5.32. The van der Waals surface area contributed by atoms with E-state index in [0.717, 1.165) is 18.8 Å². The summed E-state index contributed by atoms with van der Waals surface area (Å²) in [6.45, 7) is 5.82. The number of benzene rings is 1. The van der Waals surface area contributed by atoms with E-state index in [9.17, 15) is 10.1 Å². The fourth-order valence-electron chi connectivity index (χ4n) is 2.56. The van der Waals surface area contributed by atoms with Gasteiger partial charge >= 0.3 is 0 Å². The molecule has 0 spiro atoms. The highest BCUT2D eigenvalue weighted by Gasteiger charge is 2.24. The Morgan fingerprint density at radius 1 is 1.37 bits per heavy atom. The lowest BCUT2D eigenvalue weighted by atomic mass is 10.1. The van der Waals surface area contributed by atoms with Crippen LogP contribution in [0.4, 0.5) is 11.4 Å². The fraction of sp³-hybridized carbons (Fsp3) is 0.538. The van der Waals surface area contributed by atoms with Crippen LogP contribution in [-0.4, -0.2) is 37.2 Å². The van der Waals surface area contributed by atoms with Crippen LogP contribution in [0.1, 0.15) is 13.8 Å². The first-order valence-corrected chi connectivity index (χ1v) is 6.34. The Kier molecular flexibility index (Phi) is 3.90. The molecule has 1 aliphatic heterocycles. The van der Waals surface area contributed by atoms with Gasteiger partial charge in [-0.15, -0.1) is 0 Å². The SMILES string of the molecule is COc1ccc([N+](=O)[O-])cc1N1C[C@@H](C)N[C@@H](C)C1. The van der Waals surface area contributed by atoms with Crippen molar-refractivity contribution in [3.8, 4) is 5.75 Å². The molecule has 0 saturated carbocycles. The van der Waals surface area contributed by atoms with Crippen LogP contribution in [0.15, 0.2) is 18.2 Å². The Bertz CT molecular complexity index is 468. The molecule has 0 aromatic heterocycles. The van der Waals surface area contributed by atoms with E-state index < -0.39 is 0 Å². The molecule has 6 nitrogen and oxygen atoms in total. The van der Waals surface area contributed by atoms with Crippen LogP contribution in [0.3, 0.4) is 0 Å².